The van der Waals surface area contributed by atoms with Crippen LogP contribution in [-0.2, 0) is 4.74 Å². The molecule has 0 spiro atoms. The van der Waals surface area contributed by atoms with Gasteiger partial charge in [0.2, 0.25) is 0 Å². The van der Waals surface area contributed by atoms with E-state index >= 15 is 0 Å². The monoisotopic (exact) mass is 770 g/mol. The maximum absolute atomic E-state index is 6.49. The van der Waals surface area contributed by atoms with Crippen LogP contribution in [0.5, 0.6) is 0 Å². The van der Waals surface area contributed by atoms with Gasteiger partial charge in [-0.2, -0.15) is 0 Å². The Balaban J connectivity index is 0.982. The normalized spacial score (nSPS) is 15.3. The van der Waals surface area contributed by atoms with Crippen LogP contribution in [0.3, 0.4) is 0 Å². The van der Waals surface area contributed by atoms with Crippen molar-refractivity contribution in [3.05, 3.63) is 193 Å². The lowest BCUT2D eigenvalue weighted by atomic mass is 9.85. The van der Waals surface area contributed by atoms with Crippen LogP contribution in [0.25, 0.3) is 106 Å². The smallest absolute Gasteiger partial charge is 0.162 e. The molecule has 0 N–H and O–H groups in total. The standard InChI is InChI=1S/C54H34N4O2/c1-31-50(32-13-4-2-5-14-32)56-54(57-51(31)33-15-6-3-7-16-33)42-29-55-30-47-48(42)41-28-35(24-26-46(41)59-47)34-23-25-44-40(27-34)37-18-10-11-21-43(37)58(44)45-22-12-20-38-36-17-8-9-19-39(36)52-53(60-52)49(38)45/h2-30,52-53H,1H3. The predicted octanol–water partition coefficient (Wildman–Crippen LogP) is 13.6. The number of rotatable bonds is 5. The van der Waals surface area contributed by atoms with E-state index in [-0.39, 0.29) is 12.2 Å². The van der Waals surface area contributed by atoms with E-state index in [4.69, 9.17) is 19.1 Å². The number of furan rings is 1. The van der Waals surface area contributed by atoms with Gasteiger partial charge in [0.1, 0.15) is 17.8 Å². The molecule has 2 atom stereocenters. The Hall–Kier alpha value is -7.67. The van der Waals surface area contributed by atoms with Crippen molar-refractivity contribution in [2.45, 2.75) is 19.1 Å². The van der Waals surface area contributed by atoms with Crippen LogP contribution in [0.15, 0.2) is 181 Å². The molecule has 13 rings (SSSR count). The number of para-hydroxylation sites is 1. The molecule has 11 aromatic rings. The topological polar surface area (TPSA) is 69.3 Å². The Morgan fingerprint density at radius 2 is 1.17 bits per heavy atom. The summed E-state index contributed by atoms with van der Waals surface area (Å²) in [6, 6.07) is 58.1. The average Bonchev–Trinajstić information content (AvgIpc) is 3.93. The number of pyridine rings is 1. The molecular formula is C54H34N4O2. The van der Waals surface area contributed by atoms with Crippen LogP contribution in [-0.4, -0.2) is 19.5 Å². The van der Waals surface area contributed by atoms with E-state index in [9.17, 15) is 0 Å². The number of epoxide rings is 1. The molecule has 0 saturated carbocycles. The number of hydrogen-bond donors (Lipinski definition) is 0. The zero-order chi connectivity index (χ0) is 39.5. The predicted molar refractivity (Wildman–Crippen MR) is 240 cm³/mol. The second-order valence-corrected chi connectivity index (χ2v) is 15.9. The van der Waals surface area contributed by atoms with Crippen LogP contribution >= 0.6 is 0 Å². The Bertz CT molecular complexity index is 3490. The van der Waals surface area contributed by atoms with Crippen molar-refractivity contribution in [2.75, 3.05) is 0 Å². The highest BCUT2D eigenvalue weighted by molar-refractivity contribution is 6.14. The first-order valence-corrected chi connectivity index (χ1v) is 20.4. The van der Waals surface area contributed by atoms with Crippen molar-refractivity contribution in [3.8, 4) is 61.8 Å². The third kappa shape index (κ3) is 4.89. The highest BCUT2D eigenvalue weighted by atomic mass is 16.6. The summed E-state index contributed by atoms with van der Waals surface area (Å²) >= 11 is 0. The third-order valence-corrected chi connectivity index (χ3v) is 12.5. The molecule has 6 nitrogen and oxygen atoms in total. The van der Waals surface area contributed by atoms with E-state index in [1.54, 1.807) is 6.20 Å². The molecule has 6 heteroatoms. The summed E-state index contributed by atoms with van der Waals surface area (Å²) in [6.45, 7) is 2.10. The first kappa shape index (κ1) is 33.3. The largest absolute Gasteiger partial charge is 0.454 e. The van der Waals surface area contributed by atoms with E-state index in [1.807, 2.05) is 42.6 Å². The lowest BCUT2D eigenvalue weighted by Gasteiger charge is -2.21. The minimum atomic E-state index is 0.0540. The summed E-state index contributed by atoms with van der Waals surface area (Å²) < 4.78 is 15.3. The van der Waals surface area contributed by atoms with E-state index in [0.29, 0.717) is 11.4 Å². The third-order valence-electron chi connectivity index (χ3n) is 12.5. The van der Waals surface area contributed by atoms with Crippen LogP contribution < -0.4 is 0 Å². The lowest BCUT2D eigenvalue weighted by Crippen LogP contribution is -2.05. The molecule has 7 aromatic carbocycles. The minimum Gasteiger partial charge on any atom is -0.454 e. The molecule has 1 aliphatic carbocycles. The van der Waals surface area contributed by atoms with Crippen molar-refractivity contribution < 1.29 is 9.15 Å². The van der Waals surface area contributed by atoms with Gasteiger partial charge in [0.25, 0.3) is 0 Å². The van der Waals surface area contributed by atoms with Crippen molar-refractivity contribution in [1.82, 2.24) is 19.5 Å². The van der Waals surface area contributed by atoms with E-state index in [1.165, 1.54) is 44.2 Å². The van der Waals surface area contributed by atoms with Crippen LogP contribution in [0.4, 0.5) is 0 Å². The highest BCUT2D eigenvalue weighted by Gasteiger charge is 2.48. The van der Waals surface area contributed by atoms with Crippen molar-refractivity contribution in [2.24, 2.45) is 0 Å². The van der Waals surface area contributed by atoms with Gasteiger partial charge in [0.15, 0.2) is 11.4 Å². The second kappa shape index (κ2) is 12.7. The first-order chi connectivity index (χ1) is 29.7. The van der Waals surface area contributed by atoms with Gasteiger partial charge < -0.3 is 13.7 Å². The fourth-order valence-electron chi connectivity index (χ4n) is 9.72. The molecular weight excluding hydrogens is 737 g/mol. The average molecular weight is 771 g/mol. The fraction of sp³-hybridized carbons (Fsp3) is 0.0556. The van der Waals surface area contributed by atoms with Gasteiger partial charge in [-0.05, 0) is 71.1 Å². The molecule has 0 bridgehead atoms. The van der Waals surface area contributed by atoms with Gasteiger partial charge in [-0.1, -0.05) is 127 Å². The zero-order valence-corrected chi connectivity index (χ0v) is 32.5. The van der Waals surface area contributed by atoms with Gasteiger partial charge in [-0.15, -0.1) is 0 Å². The minimum absolute atomic E-state index is 0.0540. The Kier molecular flexibility index (Phi) is 7.03. The summed E-state index contributed by atoms with van der Waals surface area (Å²) in [5.41, 5.74) is 18.0. The van der Waals surface area contributed by atoms with Crippen molar-refractivity contribution >= 4 is 43.7 Å². The van der Waals surface area contributed by atoms with E-state index < -0.39 is 0 Å². The van der Waals surface area contributed by atoms with E-state index in [0.717, 1.165) is 66.6 Å². The summed E-state index contributed by atoms with van der Waals surface area (Å²) in [6.07, 6.45) is 3.82. The van der Waals surface area contributed by atoms with Gasteiger partial charge >= 0.3 is 0 Å². The zero-order valence-electron chi connectivity index (χ0n) is 32.5. The molecule has 1 saturated heterocycles. The van der Waals surface area contributed by atoms with Crippen LogP contribution in [0.1, 0.15) is 28.9 Å². The fourth-order valence-corrected chi connectivity index (χ4v) is 9.72. The Labute approximate surface area is 345 Å². The maximum atomic E-state index is 6.49. The molecule has 60 heavy (non-hydrogen) atoms. The quantitative estimate of drug-likeness (QED) is 0.163. The number of aromatic nitrogens is 4. The molecule has 2 aliphatic rings. The molecule has 0 amide bonds. The summed E-state index contributed by atoms with van der Waals surface area (Å²) in [7, 11) is 0. The molecule has 2 unspecified atom stereocenters. The molecule has 282 valence electrons. The Morgan fingerprint density at radius 1 is 0.500 bits per heavy atom. The lowest BCUT2D eigenvalue weighted by molar-refractivity contribution is 0.380. The number of nitrogens with zero attached hydrogens (tertiary/aromatic N) is 4. The van der Waals surface area contributed by atoms with Gasteiger partial charge in [-0.3, -0.25) is 4.98 Å². The summed E-state index contributed by atoms with van der Waals surface area (Å²) in [4.78, 5) is 15.1. The number of benzene rings is 7. The molecule has 4 aromatic heterocycles. The van der Waals surface area contributed by atoms with Crippen molar-refractivity contribution in [1.29, 1.82) is 0 Å². The molecule has 1 fully saturated rings. The first-order valence-electron chi connectivity index (χ1n) is 20.4. The summed E-state index contributed by atoms with van der Waals surface area (Å²) in [5.74, 6) is 0.605. The van der Waals surface area contributed by atoms with Gasteiger partial charge in [0.05, 0.1) is 34.3 Å². The second-order valence-electron chi connectivity index (χ2n) is 15.9. The SMILES string of the molecule is Cc1c(-c2ccccc2)nc(-c2cncc3oc4ccc(-c5ccc6c(c5)c5ccccc5n6-c5cccc6c5C5OC5c5ccccc5-6)cc4c23)nc1-c1ccccc1. The maximum Gasteiger partial charge on any atom is 0.162 e. The summed E-state index contributed by atoms with van der Waals surface area (Å²) in [5, 5.41) is 4.34. The highest BCUT2D eigenvalue weighted by Crippen LogP contribution is 2.61. The number of hydrogen-bond acceptors (Lipinski definition) is 5. The number of ether oxygens (including phenoxy) is 1. The molecule has 5 heterocycles. The van der Waals surface area contributed by atoms with Gasteiger partial charge in [-0.25, -0.2) is 9.97 Å². The molecule has 1 aliphatic heterocycles. The van der Waals surface area contributed by atoms with Crippen LogP contribution in [0.2, 0.25) is 0 Å². The number of fused-ring (bicyclic) bond motifs is 12. The van der Waals surface area contributed by atoms with Gasteiger partial charge in [0, 0.05) is 55.6 Å². The van der Waals surface area contributed by atoms with Crippen molar-refractivity contribution in [3.63, 3.8) is 0 Å². The van der Waals surface area contributed by atoms with Crippen LogP contribution in [0, 0.1) is 6.92 Å². The van der Waals surface area contributed by atoms with E-state index in [2.05, 4.69) is 144 Å². The Morgan fingerprint density at radius 3 is 1.97 bits per heavy atom. The molecule has 0 radical (unpaired) electrons.